The van der Waals surface area contributed by atoms with Crippen LogP contribution in [0.5, 0.6) is 0 Å². The second kappa shape index (κ2) is 5.47. The molecule has 1 aromatic rings. The summed E-state index contributed by atoms with van der Waals surface area (Å²) >= 11 is 1.79. The SMILES string of the molecule is CCCCc1csc(N2CCNCC2)n1. The number of anilines is 1. The first-order chi connectivity index (χ1) is 7.40. The highest BCUT2D eigenvalue weighted by atomic mass is 32.1. The molecule has 4 heteroatoms. The summed E-state index contributed by atoms with van der Waals surface area (Å²) in [5, 5.41) is 6.79. The van der Waals surface area contributed by atoms with Gasteiger partial charge in [0.15, 0.2) is 5.13 Å². The van der Waals surface area contributed by atoms with Crippen molar-refractivity contribution in [3.05, 3.63) is 11.1 Å². The molecule has 1 aliphatic heterocycles. The predicted octanol–water partition coefficient (Wildman–Crippen LogP) is 1.90. The van der Waals surface area contributed by atoms with E-state index in [-0.39, 0.29) is 0 Å². The van der Waals surface area contributed by atoms with E-state index in [1.807, 2.05) is 0 Å². The van der Waals surface area contributed by atoms with Crippen molar-refractivity contribution >= 4 is 16.5 Å². The number of nitrogens with zero attached hydrogens (tertiary/aromatic N) is 2. The number of rotatable bonds is 4. The van der Waals surface area contributed by atoms with Gasteiger partial charge in [0.05, 0.1) is 5.69 Å². The lowest BCUT2D eigenvalue weighted by atomic mass is 10.2. The van der Waals surface area contributed by atoms with Gasteiger partial charge in [-0.1, -0.05) is 13.3 Å². The maximum absolute atomic E-state index is 4.69. The van der Waals surface area contributed by atoms with Crippen LogP contribution < -0.4 is 10.2 Å². The normalized spacial score (nSPS) is 17.0. The van der Waals surface area contributed by atoms with Gasteiger partial charge in [-0.2, -0.15) is 0 Å². The molecule has 2 heterocycles. The molecule has 1 N–H and O–H groups in total. The molecule has 0 saturated carbocycles. The molecular formula is C11H19N3S. The number of nitrogens with one attached hydrogen (secondary N) is 1. The molecule has 0 aromatic carbocycles. The number of unbranched alkanes of at least 4 members (excludes halogenated alkanes) is 1. The quantitative estimate of drug-likeness (QED) is 0.848. The molecule has 0 spiro atoms. The number of hydrogen-bond acceptors (Lipinski definition) is 4. The van der Waals surface area contributed by atoms with E-state index in [9.17, 15) is 0 Å². The van der Waals surface area contributed by atoms with Gasteiger partial charge >= 0.3 is 0 Å². The van der Waals surface area contributed by atoms with Crippen molar-refractivity contribution in [3.8, 4) is 0 Å². The summed E-state index contributed by atoms with van der Waals surface area (Å²) in [4.78, 5) is 7.07. The van der Waals surface area contributed by atoms with Crippen molar-refractivity contribution in [3.63, 3.8) is 0 Å². The number of piperazine rings is 1. The zero-order valence-electron chi connectivity index (χ0n) is 9.33. The minimum atomic E-state index is 1.09. The van der Waals surface area contributed by atoms with Crippen molar-refractivity contribution in [2.45, 2.75) is 26.2 Å². The van der Waals surface area contributed by atoms with E-state index >= 15 is 0 Å². The van der Waals surface area contributed by atoms with Gasteiger partial charge in [-0.15, -0.1) is 11.3 Å². The molecule has 3 nitrogen and oxygen atoms in total. The van der Waals surface area contributed by atoms with E-state index in [4.69, 9.17) is 0 Å². The molecule has 0 radical (unpaired) electrons. The Hall–Kier alpha value is -0.610. The van der Waals surface area contributed by atoms with Crippen LogP contribution in [0.25, 0.3) is 0 Å². The molecule has 2 rings (SSSR count). The first kappa shape index (κ1) is 10.9. The highest BCUT2D eigenvalue weighted by Gasteiger charge is 2.13. The molecule has 0 amide bonds. The van der Waals surface area contributed by atoms with Crippen molar-refractivity contribution in [2.24, 2.45) is 0 Å². The zero-order chi connectivity index (χ0) is 10.5. The highest BCUT2D eigenvalue weighted by molar-refractivity contribution is 7.13. The Morgan fingerprint density at radius 3 is 3.00 bits per heavy atom. The number of thiazole rings is 1. The fourth-order valence-electron chi connectivity index (χ4n) is 1.77. The van der Waals surface area contributed by atoms with E-state index in [0.717, 1.165) is 32.6 Å². The van der Waals surface area contributed by atoms with E-state index < -0.39 is 0 Å². The molecule has 0 unspecified atom stereocenters. The van der Waals surface area contributed by atoms with Gasteiger partial charge in [0.2, 0.25) is 0 Å². The average molecular weight is 225 g/mol. The second-order valence-corrected chi connectivity index (χ2v) is 4.80. The summed E-state index contributed by atoms with van der Waals surface area (Å²) in [7, 11) is 0. The van der Waals surface area contributed by atoms with Crippen LogP contribution in [0.4, 0.5) is 5.13 Å². The molecule has 0 aliphatic carbocycles. The Kier molecular flexibility index (Phi) is 3.97. The number of aryl methyl sites for hydroxylation is 1. The van der Waals surface area contributed by atoms with Crippen LogP contribution in [0.2, 0.25) is 0 Å². The Bertz CT molecular complexity index is 292. The van der Waals surface area contributed by atoms with Gasteiger partial charge in [0, 0.05) is 31.6 Å². The zero-order valence-corrected chi connectivity index (χ0v) is 10.1. The minimum Gasteiger partial charge on any atom is -0.346 e. The van der Waals surface area contributed by atoms with Crippen LogP contribution in [0.15, 0.2) is 5.38 Å². The molecule has 0 bridgehead atoms. The maximum Gasteiger partial charge on any atom is 0.185 e. The Balaban J connectivity index is 1.93. The fourth-order valence-corrected chi connectivity index (χ4v) is 2.68. The summed E-state index contributed by atoms with van der Waals surface area (Å²) < 4.78 is 0. The molecule has 0 atom stereocenters. The summed E-state index contributed by atoms with van der Waals surface area (Å²) in [6.07, 6.45) is 3.64. The summed E-state index contributed by atoms with van der Waals surface area (Å²) in [5.41, 5.74) is 1.27. The average Bonchev–Trinajstić information content (AvgIpc) is 2.76. The molecule has 15 heavy (non-hydrogen) atoms. The smallest absolute Gasteiger partial charge is 0.185 e. The fraction of sp³-hybridized carbons (Fsp3) is 0.727. The Morgan fingerprint density at radius 1 is 1.47 bits per heavy atom. The standard InChI is InChI=1S/C11H19N3S/c1-2-3-4-10-9-15-11(13-10)14-7-5-12-6-8-14/h9,12H,2-8H2,1H3. The van der Waals surface area contributed by atoms with Crippen molar-refractivity contribution in [1.82, 2.24) is 10.3 Å². The van der Waals surface area contributed by atoms with Crippen molar-refractivity contribution in [2.75, 3.05) is 31.1 Å². The van der Waals surface area contributed by atoms with Gasteiger partial charge < -0.3 is 10.2 Å². The predicted molar refractivity (Wildman–Crippen MR) is 65.8 cm³/mol. The molecule has 1 aromatic heterocycles. The van der Waals surface area contributed by atoms with Gasteiger partial charge in [0.1, 0.15) is 0 Å². The summed E-state index contributed by atoms with van der Waals surface area (Å²) in [6, 6.07) is 0. The van der Waals surface area contributed by atoms with Crippen molar-refractivity contribution in [1.29, 1.82) is 0 Å². The molecule has 84 valence electrons. The van der Waals surface area contributed by atoms with E-state index in [2.05, 4.69) is 27.5 Å². The van der Waals surface area contributed by atoms with Crippen molar-refractivity contribution < 1.29 is 0 Å². The lowest BCUT2D eigenvalue weighted by Crippen LogP contribution is -2.43. The maximum atomic E-state index is 4.69. The third-order valence-electron chi connectivity index (χ3n) is 2.71. The molecule has 1 aliphatic rings. The third kappa shape index (κ3) is 2.92. The van der Waals surface area contributed by atoms with E-state index in [1.165, 1.54) is 23.7 Å². The monoisotopic (exact) mass is 225 g/mol. The van der Waals surface area contributed by atoms with Gasteiger partial charge in [-0.05, 0) is 12.8 Å². The lowest BCUT2D eigenvalue weighted by Gasteiger charge is -2.26. The third-order valence-corrected chi connectivity index (χ3v) is 3.66. The summed E-state index contributed by atoms with van der Waals surface area (Å²) in [6.45, 7) is 6.60. The van der Waals surface area contributed by atoms with Crippen LogP contribution >= 0.6 is 11.3 Å². The van der Waals surface area contributed by atoms with Gasteiger partial charge in [-0.25, -0.2) is 4.98 Å². The minimum absolute atomic E-state index is 1.09. The number of hydrogen-bond donors (Lipinski definition) is 1. The number of aromatic nitrogens is 1. The molecule has 1 fully saturated rings. The van der Waals surface area contributed by atoms with Crippen LogP contribution in [-0.4, -0.2) is 31.2 Å². The molecule has 1 saturated heterocycles. The first-order valence-electron chi connectivity index (χ1n) is 5.80. The van der Waals surface area contributed by atoms with Crippen LogP contribution in [-0.2, 0) is 6.42 Å². The molecular weight excluding hydrogens is 206 g/mol. The summed E-state index contributed by atoms with van der Waals surface area (Å²) in [5.74, 6) is 0. The Labute approximate surface area is 95.5 Å². The lowest BCUT2D eigenvalue weighted by molar-refractivity contribution is 0.587. The van der Waals surface area contributed by atoms with Gasteiger partial charge in [0.25, 0.3) is 0 Å². The van der Waals surface area contributed by atoms with E-state index in [1.54, 1.807) is 11.3 Å². The van der Waals surface area contributed by atoms with Crippen LogP contribution in [0, 0.1) is 0 Å². The first-order valence-corrected chi connectivity index (χ1v) is 6.68. The van der Waals surface area contributed by atoms with Crippen LogP contribution in [0.1, 0.15) is 25.5 Å². The topological polar surface area (TPSA) is 28.2 Å². The second-order valence-electron chi connectivity index (χ2n) is 3.96. The van der Waals surface area contributed by atoms with E-state index in [0.29, 0.717) is 0 Å². The highest BCUT2D eigenvalue weighted by Crippen LogP contribution is 2.21. The van der Waals surface area contributed by atoms with Crippen LogP contribution in [0.3, 0.4) is 0 Å². The largest absolute Gasteiger partial charge is 0.346 e. The Morgan fingerprint density at radius 2 is 2.27 bits per heavy atom. The van der Waals surface area contributed by atoms with Gasteiger partial charge in [-0.3, -0.25) is 0 Å².